The smallest absolute Gasteiger partial charge is 0.281 e. The first-order chi connectivity index (χ1) is 12.0. The standard InChI is InChI=1S/C7H4F3I.C4HF9O3S/c8-7(9,10)5-1-3-6(11)4-2-5;5-1(6,3(9,10)11)2(7,8)4(12,13)17(14,15)16/h1-4H;(H,14,15,16). The summed E-state index contributed by atoms with van der Waals surface area (Å²) in [5, 5.41) is -7.00. The van der Waals surface area contributed by atoms with E-state index in [1.54, 1.807) is 0 Å². The van der Waals surface area contributed by atoms with Crippen LogP contribution in [0.1, 0.15) is 5.56 Å². The normalized spacial score (nSPS) is 14.4. The second-order valence-electron chi connectivity index (χ2n) is 4.64. The van der Waals surface area contributed by atoms with Crippen LogP contribution in [0, 0.1) is 3.57 Å². The maximum Gasteiger partial charge on any atom is 0.460 e. The van der Waals surface area contributed by atoms with Gasteiger partial charge in [0.1, 0.15) is 0 Å². The Hall–Kier alpha value is -0.980. The SMILES string of the molecule is FC(F)(F)c1ccc(I)cc1.O=S(=O)(O)C(F)(F)C(F)(F)C(F)(F)C(F)(F)F. The quantitative estimate of drug-likeness (QED) is 0.291. The first-order valence-corrected chi connectivity index (χ1v) is 8.52. The van der Waals surface area contributed by atoms with Crippen molar-refractivity contribution in [3.8, 4) is 0 Å². The van der Waals surface area contributed by atoms with Crippen molar-refractivity contribution in [3.63, 3.8) is 0 Å². The highest BCUT2D eigenvalue weighted by Crippen LogP contribution is 2.54. The third-order valence-corrected chi connectivity index (χ3v) is 4.23. The molecule has 0 aliphatic rings. The van der Waals surface area contributed by atoms with E-state index >= 15 is 0 Å². The molecule has 164 valence electrons. The molecule has 0 heterocycles. The molecule has 3 nitrogen and oxygen atoms in total. The fourth-order valence-electron chi connectivity index (χ4n) is 1.16. The lowest BCUT2D eigenvalue weighted by Gasteiger charge is -2.31. The summed E-state index contributed by atoms with van der Waals surface area (Å²) in [6.07, 6.45) is -11.4. The third kappa shape index (κ3) is 5.55. The van der Waals surface area contributed by atoms with E-state index in [-0.39, 0.29) is 0 Å². The Kier molecular flexibility index (Phi) is 7.76. The van der Waals surface area contributed by atoms with Crippen LogP contribution < -0.4 is 0 Å². The van der Waals surface area contributed by atoms with Crippen molar-refractivity contribution < 1.29 is 65.7 Å². The zero-order valence-corrected chi connectivity index (χ0v) is 15.4. The minimum atomic E-state index is -7.37. The molecule has 0 atom stereocenters. The van der Waals surface area contributed by atoms with E-state index in [1.165, 1.54) is 12.1 Å². The van der Waals surface area contributed by atoms with Crippen LogP contribution in [0.15, 0.2) is 24.3 Å². The summed E-state index contributed by atoms with van der Waals surface area (Å²) in [5.41, 5.74) is -0.599. The van der Waals surface area contributed by atoms with Crippen LogP contribution in [0.25, 0.3) is 0 Å². The molecule has 0 fully saturated rings. The molecule has 1 aromatic rings. The van der Waals surface area contributed by atoms with Gasteiger partial charge in [-0.2, -0.15) is 61.1 Å². The molecule has 0 aromatic heterocycles. The van der Waals surface area contributed by atoms with E-state index in [2.05, 4.69) is 0 Å². The number of alkyl halides is 12. The molecular weight excluding hydrogens is 567 g/mol. The van der Waals surface area contributed by atoms with Gasteiger partial charge in [-0.25, -0.2) is 0 Å². The van der Waals surface area contributed by atoms with Gasteiger partial charge in [0.2, 0.25) is 0 Å². The molecule has 0 saturated heterocycles. The van der Waals surface area contributed by atoms with Crippen molar-refractivity contribution in [1.82, 2.24) is 0 Å². The van der Waals surface area contributed by atoms with Gasteiger partial charge in [0.25, 0.3) is 0 Å². The monoisotopic (exact) mass is 572 g/mol. The van der Waals surface area contributed by atoms with Gasteiger partial charge in [-0.15, -0.1) is 0 Å². The van der Waals surface area contributed by atoms with Crippen molar-refractivity contribution in [2.75, 3.05) is 0 Å². The molecule has 1 N–H and O–H groups in total. The van der Waals surface area contributed by atoms with Gasteiger partial charge in [-0.05, 0) is 46.9 Å². The number of benzene rings is 1. The lowest BCUT2D eigenvalue weighted by Crippen LogP contribution is -2.63. The van der Waals surface area contributed by atoms with Gasteiger partial charge in [0.15, 0.2) is 0 Å². The van der Waals surface area contributed by atoms with Crippen LogP contribution >= 0.6 is 22.6 Å². The summed E-state index contributed by atoms with van der Waals surface area (Å²) in [6, 6.07) is 5.01. The van der Waals surface area contributed by atoms with Gasteiger partial charge in [0, 0.05) is 3.57 Å². The van der Waals surface area contributed by atoms with Crippen LogP contribution in [0.5, 0.6) is 0 Å². The fourth-order valence-corrected chi connectivity index (χ4v) is 1.97. The van der Waals surface area contributed by atoms with Crippen LogP contribution in [-0.2, 0) is 16.3 Å². The number of rotatable bonds is 3. The maximum absolute atomic E-state index is 12.2. The average Bonchev–Trinajstić information content (AvgIpc) is 2.44. The van der Waals surface area contributed by atoms with Crippen LogP contribution in [0.4, 0.5) is 52.7 Å². The second kappa shape index (κ2) is 8.04. The molecule has 0 amide bonds. The van der Waals surface area contributed by atoms with E-state index in [0.29, 0.717) is 0 Å². The molecule has 1 aromatic carbocycles. The highest BCUT2D eigenvalue weighted by molar-refractivity contribution is 14.1. The van der Waals surface area contributed by atoms with E-state index in [1.807, 2.05) is 22.6 Å². The zero-order valence-electron chi connectivity index (χ0n) is 12.4. The molecule has 0 aliphatic carbocycles. The Balaban J connectivity index is 0.000000567. The molecule has 28 heavy (non-hydrogen) atoms. The molecular formula is C11H5F12IO3S. The van der Waals surface area contributed by atoms with Crippen LogP contribution in [0.3, 0.4) is 0 Å². The summed E-state index contributed by atoms with van der Waals surface area (Å²) in [6.45, 7) is 0. The average molecular weight is 572 g/mol. The Labute approximate surface area is 161 Å². The molecule has 1 rings (SSSR count). The number of hydrogen-bond donors (Lipinski definition) is 1. The Bertz CT molecular complexity index is 767. The van der Waals surface area contributed by atoms with E-state index in [4.69, 9.17) is 4.55 Å². The largest absolute Gasteiger partial charge is 0.460 e. The molecule has 0 saturated carbocycles. The van der Waals surface area contributed by atoms with Gasteiger partial charge in [-0.3, -0.25) is 4.55 Å². The molecule has 17 heteroatoms. The topological polar surface area (TPSA) is 54.4 Å². The summed E-state index contributed by atoms with van der Waals surface area (Å²) >= 11 is 1.96. The van der Waals surface area contributed by atoms with Gasteiger partial charge in [-0.1, -0.05) is 0 Å². The number of hydrogen-bond acceptors (Lipinski definition) is 2. The van der Waals surface area contributed by atoms with Gasteiger partial charge < -0.3 is 0 Å². The highest BCUT2D eigenvalue weighted by atomic mass is 127. The van der Waals surface area contributed by atoms with Crippen molar-refractivity contribution in [2.24, 2.45) is 0 Å². The van der Waals surface area contributed by atoms with E-state index in [9.17, 15) is 61.1 Å². The van der Waals surface area contributed by atoms with E-state index < -0.39 is 45.1 Å². The van der Waals surface area contributed by atoms with Crippen molar-refractivity contribution in [1.29, 1.82) is 0 Å². The Morgan fingerprint density at radius 3 is 1.32 bits per heavy atom. The summed E-state index contributed by atoms with van der Waals surface area (Å²) in [7, 11) is -7.17. The summed E-state index contributed by atoms with van der Waals surface area (Å²) < 4.78 is 170. The van der Waals surface area contributed by atoms with E-state index in [0.717, 1.165) is 15.7 Å². The zero-order chi connectivity index (χ0) is 23.0. The second-order valence-corrected chi connectivity index (χ2v) is 7.35. The van der Waals surface area contributed by atoms with Crippen LogP contribution in [0.2, 0.25) is 0 Å². The van der Waals surface area contributed by atoms with Crippen LogP contribution in [-0.4, -0.2) is 36.2 Å². The van der Waals surface area contributed by atoms with Crippen molar-refractivity contribution in [3.05, 3.63) is 33.4 Å². The summed E-state index contributed by atoms with van der Waals surface area (Å²) in [4.78, 5) is 0. The molecule has 0 spiro atoms. The Morgan fingerprint density at radius 1 is 0.714 bits per heavy atom. The fraction of sp³-hybridized carbons (Fsp3) is 0.455. The summed E-state index contributed by atoms with van der Waals surface area (Å²) in [5.74, 6) is -14.7. The minimum absolute atomic E-state index is 0.599. The predicted molar refractivity (Wildman–Crippen MR) is 76.6 cm³/mol. The molecule has 0 bridgehead atoms. The highest BCUT2D eigenvalue weighted by Gasteiger charge is 2.85. The third-order valence-electron chi connectivity index (χ3n) is 2.61. The molecule has 0 unspecified atom stereocenters. The van der Waals surface area contributed by atoms with Gasteiger partial charge in [0.05, 0.1) is 5.56 Å². The Morgan fingerprint density at radius 2 is 1.07 bits per heavy atom. The molecule has 0 aliphatic heterocycles. The number of halogens is 13. The lowest BCUT2D eigenvalue weighted by atomic mass is 10.1. The maximum atomic E-state index is 12.2. The van der Waals surface area contributed by atoms with Crippen molar-refractivity contribution >= 4 is 32.7 Å². The lowest BCUT2D eigenvalue weighted by molar-refractivity contribution is -0.382. The minimum Gasteiger partial charge on any atom is -0.281 e. The van der Waals surface area contributed by atoms with Gasteiger partial charge >= 0.3 is 39.6 Å². The first-order valence-electron chi connectivity index (χ1n) is 6.00. The predicted octanol–water partition coefficient (Wildman–Crippen LogP) is 5.61. The van der Waals surface area contributed by atoms with Crippen molar-refractivity contribution in [2.45, 2.75) is 29.5 Å². The molecule has 0 radical (unpaired) electrons. The first kappa shape index (κ1) is 27.0.